The average molecular weight is 308 g/mol. The number of rotatable bonds is 5. The topological polar surface area (TPSA) is 49.4 Å². The highest BCUT2D eigenvalue weighted by Crippen LogP contribution is 2.15. The van der Waals surface area contributed by atoms with Gasteiger partial charge in [0.1, 0.15) is 0 Å². The van der Waals surface area contributed by atoms with Gasteiger partial charge in [0.15, 0.2) is 0 Å². The maximum atomic E-state index is 12.0. The molecule has 4 nitrogen and oxygen atoms in total. The summed E-state index contributed by atoms with van der Waals surface area (Å²) in [7, 11) is -0.931. The van der Waals surface area contributed by atoms with Crippen molar-refractivity contribution in [2.45, 2.75) is 25.5 Å². The summed E-state index contributed by atoms with van der Waals surface area (Å²) in [5.41, 5.74) is 1.08. The normalized spacial score (nSPS) is 17.5. The molecule has 0 aliphatic carbocycles. The third kappa shape index (κ3) is 5.50. The lowest BCUT2D eigenvalue weighted by molar-refractivity contribution is 0.174. The Morgan fingerprint density at radius 3 is 2.62 bits per heavy atom. The van der Waals surface area contributed by atoms with Crippen LogP contribution in [0.2, 0.25) is 0 Å². The number of amides is 2. The molecule has 1 unspecified atom stereocenters. The van der Waals surface area contributed by atoms with Crippen molar-refractivity contribution in [3.05, 3.63) is 35.9 Å². The predicted octanol–water partition coefficient (Wildman–Crippen LogP) is 2.38. The summed E-state index contributed by atoms with van der Waals surface area (Å²) >= 11 is 0. The maximum Gasteiger partial charge on any atom is 0.317 e. The van der Waals surface area contributed by atoms with E-state index < -0.39 is 10.8 Å². The Hall–Kier alpha value is -1.36. The summed E-state index contributed by atoms with van der Waals surface area (Å²) in [6.07, 6.45) is 2.15. The fourth-order valence-electron chi connectivity index (χ4n) is 2.43. The Balaban J connectivity index is 1.64. The Kier molecular flexibility index (Phi) is 6.23. The van der Waals surface area contributed by atoms with Crippen LogP contribution in [0.1, 0.15) is 25.3 Å². The lowest BCUT2D eigenvalue weighted by atomic mass is 10.00. The Morgan fingerprint density at radius 1 is 1.29 bits per heavy atom. The van der Waals surface area contributed by atoms with Crippen LogP contribution in [0, 0.1) is 5.92 Å². The van der Waals surface area contributed by atoms with Crippen molar-refractivity contribution in [1.82, 2.24) is 10.2 Å². The van der Waals surface area contributed by atoms with Crippen LogP contribution in [0.5, 0.6) is 0 Å². The van der Waals surface area contributed by atoms with Crippen LogP contribution >= 0.6 is 0 Å². The van der Waals surface area contributed by atoms with Crippen molar-refractivity contribution in [3.63, 3.8) is 0 Å². The first-order valence-corrected chi connectivity index (χ1v) is 9.05. The number of hydrogen-bond acceptors (Lipinski definition) is 2. The highest BCUT2D eigenvalue weighted by Gasteiger charge is 2.19. The highest BCUT2D eigenvalue weighted by atomic mass is 32.2. The van der Waals surface area contributed by atoms with Crippen LogP contribution in [0.25, 0.3) is 0 Å². The summed E-state index contributed by atoms with van der Waals surface area (Å²) in [6, 6.07) is 9.79. The zero-order chi connectivity index (χ0) is 15.1. The number of urea groups is 1. The molecule has 1 N–H and O–H groups in total. The Morgan fingerprint density at radius 2 is 1.95 bits per heavy atom. The van der Waals surface area contributed by atoms with E-state index in [0.717, 1.165) is 31.5 Å². The monoisotopic (exact) mass is 308 g/mol. The standard InChI is InChI=1S/C16H24N2O2S/c1-14-7-10-18(11-8-14)16(19)17-9-12-21(20)13-15-5-3-2-4-6-15/h2-6,14H,7-13H2,1H3,(H,17,19). The van der Waals surface area contributed by atoms with Gasteiger partial charge in [0.05, 0.1) is 0 Å². The zero-order valence-electron chi connectivity index (χ0n) is 12.6. The maximum absolute atomic E-state index is 12.0. The Labute approximate surface area is 129 Å². The van der Waals surface area contributed by atoms with Gasteiger partial charge < -0.3 is 10.2 Å². The largest absolute Gasteiger partial charge is 0.337 e. The van der Waals surface area contributed by atoms with E-state index in [1.54, 1.807) is 0 Å². The first-order valence-electron chi connectivity index (χ1n) is 7.57. The van der Waals surface area contributed by atoms with E-state index in [1.165, 1.54) is 0 Å². The van der Waals surface area contributed by atoms with E-state index in [2.05, 4.69) is 12.2 Å². The van der Waals surface area contributed by atoms with Gasteiger partial charge in [-0.15, -0.1) is 0 Å². The minimum Gasteiger partial charge on any atom is -0.337 e. The number of nitrogens with zero attached hydrogens (tertiary/aromatic N) is 1. The van der Waals surface area contributed by atoms with Gasteiger partial charge in [0.25, 0.3) is 0 Å². The third-order valence-electron chi connectivity index (χ3n) is 3.85. The molecule has 1 aliphatic heterocycles. The predicted molar refractivity (Wildman–Crippen MR) is 86.5 cm³/mol. The number of hydrogen-bond donors (Lipinski definition) is 1. The number of piperidine rings is 1. The van der Waals surface area contributed by atoms with E-state index in [-0.39, 0.29) is 6.03 Å². The molecule has 1 aromatic carbocycles. The first-order chi connectivity index (χ1) is 10.1. The molecule has 116 valence electrons. The van der Waals surface area contributed by atoms with Crippen LogP contribution < -0.4 is 5.32 Å². The molecule has 5 heteroatoms. The number of likely N-dealkylation sites (tertiary alicyclic amines) is 1. The van der Waals surface area contributed by atoms with Crippen molar-refractivity contribution in [2.75, 3.05) is 25.4 Å². The summed E-state index contributed by atoms with van der Waals surface area (Å²) < 4.78 is 12.0. The molecule has 1 atom stereocenters. The summed E-state index contributed by atoms with van der Waals surface area (Å²) in [4.78, 5) is 13.8. The number of carbonyl (C=O) groups is 1. The van der Waals surface area contributed by atoms with Crippen LogP contribution in [-0.4, -0.2) is 40.5 Å². The second kappa shape index (κ2) is 8.17. The summed E-state index contributed by atoms with van der Waals surface area (Å²) in [5.74, 6) is 1.77. The van der Waals surface area contributed by atoms with Crippen molar-refractivity contribution in [1.29, 1.82) is 0 Å². The van der Waals surface area contributed by atoms with Gasteiger partial charge in [0.2, 0.25) is 0 Å². The van der Waals surface area contributed by atoms with Crippen molar-refractivity contribution in [3.8, 4) is 0 Å². The fourth-order valence-corrected chi connectivity index (χ4v) is 3.47. The molecule has 1 saturated heterocycles. The van der Waals surface area contributed by atoms with Crippen LogP contribution in [-0.2, 0) is 16.6 Å². The second-order valence-electron chi connectivity index (χ2n) is 5.68. The SMILES string of the molecule is CC1CCN(C(=O)NCCS(=O)Cc2ccccc2)CC1. The molecule has 2 amide bonds. The number of nitrogens with one attached hydrogen (secondary N) is 1. The molecule has 0 bridgehead atoms. The molecular formula is C16H24N2O2S. The zero-order valence-corrected chi connectivity index (χ0v) is 13.4. The van der Waals surface area contributed by atoms with Crippen molar-refractivity contribution < 1.29 is 9.00 Å². The first kappa shape index (κ1) is 16.0. The molecule has 1 heterocycles. The van der Waals surface area contributed by atoms with E-state index in [0.29, 0.717) is 24.0 Å². The summed E-state index contributed by atoms with van der Waals surface area (Å²) in [5, 5.41) is 2.88. The third-order valence-corrected chi connectivity index (χ3v) is 5.16. The molecule has 1 aromatic rings. The number of benzene rings is 1. The van der Waals surface area contributed by atoms with E-state index in [9.17, 15) is 9.00 Å². The van der Waals surface area contributed by atoms with Gasteiger partial charge in [0, 0.05) is 41.9 Å². The lowest BCUT2D eigenvalue weighted by Gasteiger charge is -2.30. The van der Waals surface area contributed by atoms with E-state index in [1.807, 2.05) is 35.2 Å². The minimum absolute atomic E-state index is 0.0152. The molecule has 21 heavy (non-hydrogen) atoms. The lowest BCUT2D eigenvalue weighted by Crippen LogP contribution is -2.45. The van der Waals surface area contributed by atoms with Gasteiger partial charge in [-0.3, -0.25) is 4.21 Å². The van der Waals surface area contributed by atoms with Crippen molar-refractivity contribution >= 4 is 16.8 Å². The second-order valence-corrected chi connectivity index (χ2v) is 7.25. The summed E-state index contributed by atoms with van der Waals surface area (Å²) in [6.45, 7) is 4.37. The smallest absolute Gasteiger partial charge is 0.317 e. The van der Waals surface area contributed by atoms with Gasteiger partial charge in [-0.1, -0.05) is 37.3 Å². The average Bonchev–Trinajstić information content (AvgIpc) is 2.49. The van der Waals surface area contributed by atoms with Crippen LogP contribution in [0.3, 0.4) is 0 Å². The van der Waals surface area contributed by atoms with Gasteiger partial charge in [-0.05, 0) is 24.3 Å². The van der Waals surface area contributed by atoms with Gasteiger partial charge >= 0.3 is 6.03 Å². The molecule has 1 aliphatic rings. The molecule has 0 saturated carbocycles. The molecule has 2 rings (SSSR count). The molecule has 1 fully saturated rings. The van der Waals surface area contributed by atoms with Crippen LogP contribution in [0.4, 0.5) is 4.79 Å². The van der Waals surface area contributed by atoms with Gasteiger partial charge in [-0.25, -0.2) is 4.79 Å². The van der Waals surface area contributed by atoms with E-state index >= 15 is 0 Å². The van der Waals surface area contributed by atoms with Crippen LogP contribution in [0.15, 0.2) is 30.3 Å². The molecule has 0 radical (unpaired) electrons. The highest BCUT2D eigenvalue weighted by molar-refractivity contribution is 7.84. The van der Waals surface area contributed by atoms with E-state index in [4.69, 9.17) is 0 Å². The molecular weight excluding hydrogens is 284 g/mol. The fraction of sp³-hybridized carbons (Fsp3) is 0.562. The van der Waals surface area contributed by atoms with Gasteiger partial charge in [-0.2, -0.15) is 0 Å². The number of carbonyl (C=O) groups excluding carboxylic acids is 1. The minimum atomic E-state index is -0.931. The molecule has 0 spiro atoms. The Bertz CT molecular complexity index is 470. The quantitative estimate of drug-likeness (QED) is 0.908. The van der Waals surface area contributed by atoms with Crippen molar-refractivity contribution in [2.24, 2.45) is 5.92 Å². The molecule has 0 aromatic heterocycles.